The molecule has 1 aromatic carbocycles. The van der Waals surface area contributed by atoms with Crippen molar-refractivity contribution in [3.63, 3.8) is 0 Å². The molecular weight excluding hydrogens is 511 g/mol. The monoisotopic (exact) mass is 542 g/mol. The number of halogens is 1. The number of carbonyl (C=O) groups excluding carboxylic acids is 1. The van der Waals surface area contributed by atoms with E-state index in [1.54, 1.807) is 6.07 Å². The molecule has 1 aliphatic carbocycles. The number of rotatable bonds is 7. The first-order valence-electron chi connectivity index (χ1n) is 13.8. The molecule has 4 aromatic rings. The van der Waals surface area contributed by atoms with E-state index in [1.165, 1.54) is 27.8 Å². The van der Waals surface area contributed by atoms with Crippen molar-refractivity contribution in [3.05, 3.63) is 87.3 Å². The lowest BCUT2D eigenvalue weighted by Gasteiger charge is -2.21. The Morgan fingerprint density at radius 3 is 2.50 bits per heavy atom. The van der Waals surface area contributed by atoms with Gasteiger partial charge in [0, 0.05) is 31.4 Å². The highest BCUT2D eigenvalue weighted by Gasteiger charge is 2.35. The van der Waals surface area contributed by atoms with Gasteiger partial charge in [-0.2, -0.15) is 10.1 Å². The standard InChI is InChI=1S/C30H31FN6O3/c1-3-18-7-5-8-19(4-2)26(18)37-27(23-13-16-36(34-23)21-10-11-21)33-28(38)24(30(37)40)29(39)35-15-12-20(17-35)25-22(31)9-6-14-32-25/h5-9,13-14,16,20-21,38H,3-4,10-12,15,17H2,1-2H3. The number of carbonyl (C=O) groups is 1. The van der Waals surface area contributed by atoms with Gasteiger partial charge in [0.15, 0.2) is 11.4 Å². The average Bonchev–Trinajstić information content (AvgIpc) is 3.48. The van der Waals surface area contributed by atoms with E-state index in [0.717, 1.165) is 24.0 Å². The SMILES string of the molecule is CCc1cccc(CC)c1-n1c(-c2ccn(C3CC3)n2)nc(O)c(C(=O)N2CCC(c3ncccc3F)C2)c1=O. The number of benzene rings is 1. The largest absolute Gasteiger partial charge is 0.493 e. The number of nitrogens with zero attached hydrogens (tertiary/aromatic N) is 6. The minimum absolute atomic E-state index is 0.184. The van der Waals surface area contributed by atoms with Crippen molar-refractivity contribution in [3.8, 4) is 23.1 Å². The Morgan fingerprint density at radius 2 is 1.82 bits per heavy atom. The molecule has 1 N–H and O–H groups in total. The molecule has 1 amide bonds. The second-order valence-corrected chi connectivity index (χ2v) is 10.4. The van der Waals surface area contributed by atoms with E-state index in [1.807, 2.05) is 42.9 Å². The minimum atomic E-state index is -0.656. The zero-order valence-corrected chi connectivity index (χ0v) is 22.5. The molecule has 10 heteroatoms. The molecule has 206 valence electrons. The highest BCUT2D eigenvalue weighted by atomic mass is 19.1. The number of para-hydroxylation sites is 1. The summed E-state index contributed by atoms with van der Waals surface area (Å²) in [5.41, 5.74) is 2.17. The fourth-order valence-corrected chi connectivity index (χ4v) is 5.60. The molecule has 1 saturated heterocycles. The van der Waals surface area contributed by atoms with Gasteiger partial charge in [-0.15, -0.1) is 0 Å². The second-order valence-electron chi connectivity index (χ2n) is 10.4. The van der Waals surface area contributed by atoms with Gasteiger partial charge in [0.1, 0.15) is 11.5 Å². The predicted octanol–water partition coefficient (Wildman–Crippen LogP) is 4.43. The van der Waals surface area contributed by atoms with Crippen LogP contribution >= 0.6 is 0 Å². The molecule has 2 aliphatic rings. The van der Waals surface area contributed by atoms with Gasteiger partial charge in [-0.3, -0.25) is 23.8 Å². The van der Waals surface area contributed by atoms with Gasteiger partial charge in [-0.05, 0) is 61.4 Å². The van der Waals surface area contributed by atoms with Crippen LogP contribution in [0.4, 0.5) is 4.39 Å². The summed E-state index contributed by atoms with van der Waals surface area (Å²) in [6.45, 7) is 4.50. The predicted molar refractivity (Wildman–Crippen MR) is 147 cm³/mol. The van der Waals surface area contributed by atoms with Crippen LogP contribution in [0.1, 0.15) is 72.2 Å². The summed E-state index contributed by atoms with van der Waals surface area (Å²) in [6.07, 6.45) is 7.26. The average molecular weight is 543 g/mol. The van der Waals surface area contributed by atoms with Gasteiger partial charge in [0.25, 0.3) is 11.5 Å². The van der Waals surface area contributed by atoms with Crippen LogP contribution in [0.2, 0.25) is 0 Å². The molecule has 1 unspecified atom stereocenters. The molecule has 1 aliphatic heterocycles. The van der Waals surface area contributed by atoms with E-state index in [-0.39, 0.29) is 18.3 Å². The second kappa shape index (κ2) is 10.3. The lowest BCUT2D eigenvalue weighted by atomic mass is 10.0. The van der Waals surface area contributed by atoms with E-state index >= 15 is 0 Å². The molecule has 0 spiro atoms. The van der Waals surface area contributed by atoms with Gasteiger partial charge < -0.3 is 10.0 Å². The molecule has 40 heavy (non-hydrogen) atoms. The first kappa shape index (κ1) is 25.9. The number of hydrogen-bond acceptors (Lipinski definition) is 6. The van der Waals surface area contributed by atoms with Gasteiger partial charge in [-0.1, -0.05) is 32.0 Å². The summed E-state index contributed by atoms with van der Waals surface area (Å²) in [4.78, 5) is 38.1. The number of aromatic hydroxyl groups is 1. The number of hydrogen-bond donors (Lipinski definition) is 1. The number of aromatic nitrogens is 5. The molecule has 0 bridgehead atoms. The van der Waals surface area contributed by atoms with Gasteiger partial charge in [0.05, 0.1) is 17.4 Å². The topological polar surface area (TPSA) is 106 Å². The minimum Gasteiger partial charge on any atom is -0.493 e. The third-order valence-corrected chi connectivity index (χ3v) is 7.87. The lowest BCUT2D eigenvalue weighted by molar-refractivity contribution is 0.0784. The van der Waals surface area contributed by atoms with Crippen molar-refractivity contribution in [2.24, 2.45) is 0 Å². The Hall–Kier alpha value is -4.34. The Kier molecular flexibility index (Phi) is 6.69. The van der Waals surface area contributed by atoms with E-state index < -0.39 is 28.7 Å². The smallest absolute Gasteiger partial charge is 0.275 e. The molecular formula is C30H31FN6O3. The van der Waals surface area contributed by atoms with E-state index in [0.29, 0.717) is 48.9 Å². The normalized spacial score (nSPS) is 17.0. The fourth-order valence-electron chi connectivity index (χ4n) is 5.60. The number of likely N-dealkylation sites (tertiary alicyclic amines) is 1. The summed E-state index contributed by atoms with van der Waals surface area (Å²) in [5.74, 6) is -1.82. The van der Waals surface area contributed by atoms with Crippen LogP contribution in [0.15, 0.2) is 53.6 Å². The Balaban J connectivity index is 1.48. The molecule has 2 fully saturated rings. The fraction of sp³-hybridized carbons (Fsp3) is 0.367. The third kappa shape index (κ3) is 4.47. The van der Waals surface area contributed by atoms with Crippen LogP contribution in [0.25, 0.3) is 17.2 Å². The summed E-state index contributed by atoms with van der Waals surface area (Å²) in [6, 6.07) is 10.8. The third-order valence-electron chi connectivity index (χ3n) is 7.87. The molecule has 1 saturated carbocycles. The van der Waals surface area contributed by atoms with E-state index in [9.17, 15) is 19.1 Å². The zero-order chi connectivity index (χ0) is 28.0. The maximum Gasteiger partial charge on any atom is 0.275 e. The first-order valence-corrected chi connectivity index (χ1v) is 13.8. The molecule has 3 aromatic heterocycles. The maximum atomic E-state index is 14.4. The maximum absolute atomic E-state index is 14.4. The molecule has 6 rings (SSSR count). The van der Waals surface area contributed by atoms with Crippen LogP contribution in [-0.2, 0) is 12.8 Å². The summed E-state index contributed by atoms with van der Waals surface area (Å²) >= 11 is 0. The van der Waals surface area contributed by atoms with Crippen molar-refractivity contribution >= 4 is 5.91 Å². The number of pyridine rings is 1. The summed E-state index contributed by atoms with van der Waals surface area (Å²) < 4.78 is 17.7. The molecule has 0 radical (unpaired) electrons. The van der Waals surface area contributed by atoms with Crippen molar-refractivity contribution in [2.75, 3.05) is 13.1 Å². The van der Waals surface area contributed by atoms with Crippen molar-refractivity contribution in [1.29, 1.82) is 0 Å². The van der Waals surface area contributed by atoms with Crippen LogP contribution in [0.3, 0.4) is 0 Å². The van der Waals surface area contributed by atoms with Crippen LogP contribution < -0.4 is 5.56 Å². The van der Waals surface area contributed by atoms with Crippen molar-refractivity contribution in [2.45, 2.75) is 57.9 Å². The van der Waals surface area contributed by atoms with Crippen LogP contribution in [0, 0.1) is 5.82 Å². The summed E-state index contributed by atoms with van der Waals surface area (Å²) in [7, 11) is 0. The highest BCUT2D eigenvalue weighted by Crippen LogP contribution is 2.36. The Morgan fingerprint density at radius 1 is 1.07 bits per heavy atom. The van der Waals surface area contributed by atoms with E-state index in [4.69, 9.17) is 0 Å². The van der Waals surface area contributed by atoms with Gasteiger partial charge in [-0.25, -0.2) is 4.39 Å². The zero-order valence-electron chi connectivity index (χ0n) is 22.5. The van der Waals surface area contributed by atoms with Crippen LogP contribution in [-0.4, -0.2) is 53.3 Å². The molecule has 1 atom stereocenters. The Labute approximate surface area is 230 Å². The highest BCUT2D eigenvalue weighted by molar-refractivity contribution is 5.96. The summed E-state index contributed by atoms with van der Waals surface area (Å²) in [5, 5.41) is 15.7. The molecule has 4 heterocycles. The van der Waals surface area contributed by atoms with Crippen LogP contribution in [0.5, 0.6) is 5.88 Å². The quantitative estimate of drug-likeness (QED) is 0.371. The Bertz CT molecular complexity index is 1640. The van der Waals surface area contributed by atoms with Crippen molar-refractivity contribution in [1.82, 2.24) is 29.2 Å². The van der Waals surface area contributed by atoms with Gasteiger partial charge >= 0.3 is 0 Å². The number of amides is 1. The molecule has 9 nitrogen and oxygen atoms in total. The number of aryl methyl sites for hydroxylation is 2. The lowest BCUT2D eigenvalue weighted by Crippen LogP contribution is -2.36. The van der Waals surface area contributed by atoms with Crippen molar-refractivity contribution < 1.29 is 14.3 Å². The van der Waals surface area contributed by atoms with Gasteiger partial charge in [0.2, 0.25) is 5.88 Å². The van der Waals surface area contributed by atoms with E-state index in [2.05, 4.69) is 15.1 Å². The first-order chi connectivity index (χ1) is 19.4.